The minimum absolute atomic E-state index is 0.274. The minimum atomic E-state index is 0.274. The van der Waals surface area contributed by atoms with Gasteiger partial charge in [-0.2, -0.15) is 0 Å². The second kappa shape index (κ2) is 6.79. The third-order valence-electron chi connectivity index (χ3n) is 6.59. The van der Waals surface area contributed by atoms with Crippen LogP contribution in [0.2, 0.25) is 0 Å². The molecule has 0 heterocycles. The van der Waals surface area contributed by atoms with Gasteiger partial charge in [-0.25, -0.2) is 0 Å². The monoisotopic (exact) mass is 282 g/mol. The van der Waals surface area contributed by atoms with Crippen molar-refractivity contribution in [2.45, 2.75) is 85.2 Å². The average molecular weight is 283 g/mol. The van der Waals surface area contributed by atoms with Crippen molar-refractivity contribution < 1.29 is 0 Å². The molecule has 2 N–H and O–H groups in total. The molecule has 2 heteroatoms. The molecule has 0 aliphatic heterocycles. The van der Waals surface area contributed by atoms with Gasteiger partial charge in [-0.05, 0) is 70.4 Å². The Labute approximate surface area is 127 Å². The van der Waals surface area contributed by atoms with Crippen molar-refractivity contribution in [2.24, 2.45) is 23.0 Å². The first-order chi connectivity index (χ1) is 9.19. The topological polar surface area (TPSA) is 29.3 Å². The number of hydrogen-bond donors (Lipinski definition) is 1. The second-order valence-electron chi connectivity index (χ2n) is 8.19. The summed E-state index contributed by atoms with van der Waals surface area (Å²) in [5.41, 5.74) is 6.82. The molecule has 0 aromatic rings. The van der Waals surface area contributed by atoms with Crippen LogP contribution in [0.1, 0.15) is 73.6 Å². The van der Waals surface area contributed by atoms with Crippen LogP contribution in [-0.4, -0.2) is 30.1 Å². The van der Waals surface area contributed by atoms with Gasteiger partial charge in [0.05, 0.1) is 0 Å². The lowest BCUT2D eigenvalue weighted by atomic mass is 9.65. The molecule has 1 saturated carbocycles. The third-order valence-corrected chi connectivity index (χ3v) is 6.59. The van der Waals surface area contributed by atoms with Crippen LogP contribution in [-0.2, 0) is 0 Å². The molecule has 0 bridgehead atoms. The summed E-state index contributed by atoms with van der Waals surface area (Å²) in [6.07, 6.45) is 6.46. The van der Waals surface area contributed by atoms with Gasteiger partial charge in [-0.1, -0.05) is 34.1 Å². The SMILES string of the molecule is CCC(C)(C)C1CCC(CN)C(N(C)C(C)(C)CC)C1. The summed E-state index contributed by atoms with van der Waals surface area (Å²) in [6.45, 7) is 15.1. The van der Waals surface area contributed by atoms with Crippen LogP contribution < -0.4 is 5.73 Å². The van der Waals surface area contributed by atoms with E-state index >= 15 is 0 Å². The maximum Gasteiger partial charge on any atom is 0.0150 e. The summed E-state index contributed by atoms with van der Waals surface area (Å²) >= 11 is 0. The zero-order chi connectivity index (χ0) is 15.6. The summed E-state index contributed by atoms with van der Waals surface area (Å²) in [4.78, 5) is 2.63. The van der Waals surface area contributed by atoms with Gasteiger partial charge in [-0.15, -0.1) is 0 Å². The van der Waals surface area contributed by atoms with Crippen molar-refractivity contribution in [1.82, 2.24) is 4.90 Å². The fourth-order valence-electron chi connectivity index (χ4n) is 3.66. The van der Waals surface area contributed by atoms with Crippen molar-refractivity contribution in [1.29, 1.82) is 0 Å². The highest BCUT2D eigenvalue weighted by molar-refractivity contribution is 4.94. The minimum Gasteiger partial charge on any atom is -0.330 e. The fourth-order valence-corrected chi connectivity index (χ4v) is 3.66. The van der Waals surface area contributed by atoms with Crippen LogP contribution in [0.5, 0.6) is 0 Å². The Balaban J connectivity index is 2.89. The largest absolute Gasteiger partial charge is 0.330 e. The van der Waals surface area contributed by atoms with Crippen LogP contribution in [0.15, 0.2) is 0 Å². The molecule has 1 fully saturated rings. The zero-order valence-electron chi connectivity index (χ0n) is 15.0. The molecule has 20 heavy (non-hydrogen) atoms. The van der Waals surface area contributed by atoms with E-state index < -0.39 is 0 Å². The van der Waals surface area contributed by atoms with Crippen molar-refractivity contribution in [3.8, 4) is 0 Å². The molecular weight excluding hydrogens is 244 g/mol. The van der Waals surface area contributed by atoms with E-state index in [0.29, 0.717) is 17.4 Å². The smallest absolute Gasteiger partial charge is 0.0150 e. The van der Waals surface area contributed by atoms with Crippen LogP contribution in [0.25, 0.3) is 0 Å². The molecular formula is C18H38N2. The van der Waals surface area contributed by atoms with E-state index in [9.17, 15) is 0 Å². The number of hydrogen-bond acceptors (Lipinski definition) is 2. The first-order valence-electron chi connectivity index (χ1n) is 8.62. The van der Waals surface area contributed by atoms with E-state index in [1.165, 1.54) is 32.1 Å². The molecule has 0 aromatic carbocycles. The summed E-state index contributed by atoms with van der Waals surface area (Å²) in [7, 11) is 2.32. The van der Waals surface area contributed by atoms with Crippen molar-refractivity contribution in [2.75, 3.05) is 13.6 Å². The van der Waals surface area contributed by atoms with Gasteiger partial charge in [0.1, 0.15) is 0 Å². The quantitative estimate of drug-likeness (QED) is 0.787. The van der Waals surface area contributed by atoms with Gasteiger partial charge in [0.25, 0.3) is 0 Å². The standard InChI is InChI=1S/C18H38N2/c1-8-17(3,4)15-11-10-14(13-19)16(12-15)20(7)18(5,6)9-2/h14-16H,8-13,19H2,1-7H3. The molecule has 3 atom stereocenters. The van der Waals surface area contributed by atoms with E-state index in [1.54, 1.807) is 0 Å². The molecule has 0 amide bonds. The van der Waals surface area contributed by atoms with Gasteiger partial charge in [0.15, 0.2) is 0 Å². The molecule has 120 valence electrons. The van der Waals surface area contributed by atoms with Gasteiger partial charge < -0.3 is 5.73 Å². The second-order valence-corrected chi connectivity index (χ2v) is 8.19. The molecule has 3 unspecified atom stereocenters. The van der Waals surface area contributed by atoms with Crippen molar-refractivity contribution >= 4 is 0 Å². The highest BCUT2D eigenvalue weighted by atomic mass is 15.2. The Morgan fingerprint density at radius 3 is 2.10 bits per heavy atom. The van der Waals surface area contributed by atoms with Crippen molar-refractivity contribution in [3.05, 3.63) is 0 Å². The first kappa shape index (κ1) is 18.0. The van der Waals surface area contributed by atoms with Gasteiger partial charge in [-0.3, -0.25) is 4.90 Å². The van der Waals surface area contributed by atoms with E-state index in [0.717, 1.165) is 12.5 Å². The molecule has 2 nitrogen and oxygen atoms in total. The fraction of sp³-hybridized carbons (Fsp3) is 1.00. The Bertz CT molecular complexity index is 296. The summed E-state index contributed by atoms with van der Waals surface area (Å²) in [6, 6.07) is 0.652. The normalized spacial score (nSPS) is 28.9. The summed E-state index contributed by atoms with van der Waals surface area (Å²) in [5, 5.41) is 0. The molecule has 1 aliphatic carbocycles. The van der Waals surface area contributed by atoms with Gasteiger partial charge in [0.2, 0.25) is 0 Å². The first-order valence-corrected chi connectivity index (χ1v) is 8.62. The molecule has 1 aliphatic rings. The Morgan fingerprint density at radius 2 is 1.65 bits per heavy atom. The van der Waals surface area contributed by atoms with Crippen LogP contribution >= 0.6 is 0 Å². The van der Waals surface area contributed by atoms with Gasteiger partial charge in [0, 0.05) is 11.6 Å². The molecule has 0 saturated heterocycles. The number of nitrogens with zero attached hydrogens (tertiary/aromatic N) is 1. The Hall–Kier alpha value is -0.0800. The molecule has 0 radical (unpaired) electrons. The number of nitrogens with two attached hydrogens (primary N) is 1. The summed E-state index contributed by atoms with van der Waals surface area (Å²) < 4.78 is 0. The van der Waals surface area contributed by atoms with E-state index in [4.69, 9.17) is 5.73 Å². The average Bonchev–Trinajstić information content (AvgIpc) is 2.45. The van der Waals surface area contributed by atoms with Crippen molar-refractivity contribution in [3.63, 3.8) is 0 Å². The predicted molar refractivity (Wildman–Crippen MR) is 89.9 cm³/mol. The van der Waals surface area contributed by atoms with E-state index in [-0.39, 0.29) is 5.54 Å². The third kappa shape index (κ3) is 3.76. The van der Waals surface area contributed by atoms with Gasteiger partial charge >= 0.3 is 0 Å². The van der Waals surface area contributed by atoms with Crippen LogP contribution in [0.4, 0.5) is 0 Å². The predicted octanol–water partition coefficient (Wildman–Crippen LogP) is 4.29. The van der Waals surface area contributed by atoms with Crippen LogP contribution in [0.3, 0.4) is 0 Å². The van der Waals surface area contributed by atoms with E-state index in [1.807, 2.05) is 0 Å². The maximum absolute atomic E-state index is 6.08. The van der Waals surface area contributed by atoms with Crippen LogP contribution in [0, 0.1) is 17.3 Å². The highest BCUT2D eigenvalue weighted by Gasteiger charge is 2.40. The molecule has 0 aromatic heterocycles. The zero-order valence-corrected chi connectivity index (χ0v) is 15.0. The Kier molecular flexibility index (Phi) is 6.10. The number of rotatable bonds is 6. The maximum atomic E-state index is 6.08. The highest BCUT2D eigenvalue weighted by Crippen LogP contribution is 2.44. The lowest BCUT2D eigenvalue weighted by molar-refractivity contribution is 0.00134. The molecule has 1 rings (SSSR count). The lowest BCUT2D eigenvalue weighted by Gasteiger charge is -2.50. The summed E-state index contributed by atoms with van der Waals surface area (Å²) in [5.74, 6) is 1.52. The molecule has 0 spiro atoms. The lowest BCUT2D eigenvalue weighted by Crippen LogP contribution is -2.54. The van der Waals surface area contributed by atoms with E-state index in [2.05, 4.69) is 53.5 Å². The Morgan fingerprint density at radius 1 is 1.05 bits per heavy atom.